The van der Waals surface area contributed by atoms with Crippen molar-refractivity contribution in [1.82, 2.24) is 9.62 Å². The summed E-state index contributed by atoms with van der Waals surface area (Å²) < 4.78 is 37.9. The molecule has 30 heavy (non-hydrogen) atoms. The summed E-state index contributed by atoms with van der Waals surface area (Å²) in [7, 11) is -1.79. The molecule has 7 nitrogen and oxygen atoms in total. The molecule has 1 aromatic rings. The second-order valence-corrected chi connectivity index (χ2v) is 10.3. The highest BCUT2D eigenvalue weighted by atomic mass is 32.2. The quantitative estimate of drug-likeness (QED) is 0.639. The van der Waals surface area contributed by atoms with Gasteiger partial charge in [-0.25, -0.2) is 8.42 Å². The van der Waals surface area contributed by atoms with E-state index in [0.29, 0.717) is 31.6 Å². The summed E-state index contributed by atoms with van der Waals surface area (Å²) in [5.41, 5.74) is 0.889. The average molecular weight is 439 g/mol. The number of amides is 1. The number of nitrogens with zero attached hydrogens (tertiary/aromatic N) is 1. The lowest BCUT2D eigenvalue weighted by atomic mass is 10.1. The number of methoxy groups -OCH3 is 1. The Kier molecular flexibility index (Phi) is 7.63. The van der Waals surface area contributed by atoms with Gasteiger partial charge in [-0.05, 0) is 69.6 Å². The number of sulfonamides is 1. The van der Waals surface area contributed by atoms with Crippen LogP contribution in [0.4, 0.5) is 0 Å². The zero-order valence-corrected chi connectivity index (χ0v) is 19.0. The number of carbonyl (C=O) groups excluding carboxylic acids is 1. The van der Waals surface area contributed by atoms with E-state index in [9.17, 15) is 13.2 Å². The van der Waals surface area contributed by atoms with Gasteiger partial charge in [0.2, 0.25) is 15.9 Å². The second kappa shape index (κ2) is 10.0. The average Bonchev–Trinajstić information content (AvgIpc) is 3.40. The van der Waals surface area contributed by atoms with Gasteiger partial charge >= 0.3 is 0 Å². The molecule has 1 N–H and O–H groups in total. The first-order chi connectivity index (χ1) is 14.4. The summed E-state index contributed by atoms with van der Waals surface area (Å²) in [4.78, 5) is 12.9. The Labute approximate surface area is 180 Å². The largest absolute Gasteiger partial charge is 0.493 e. The smallest absolute Gasteiger partial charge is 0.238 e. The van der Waals surface area contributed by atoms with Crippen LogP contribution in [0.5, 0.6) is 11.5 Å². The lowest BCUT2D eigenvalue weighted by Gasteiger charge is -2.25. The molecular formula is C22H34N2O5S. The highest BCUT2D eigenvalue weighted by Crippen LogP contribution is 2.34. The number of hydrogen-bond acceptors (Lipinski definition) is 5. The molecule has 0 aromatic heterocycles. The summed E-state index contributed by atoms with van der Waals surface area (Å²) in [5.74, 6) is 1.20. The van der Waals surface area contributed by atoms with Crippen LogP contribution in [0.15, 0.2) is 18.2 Å². The van der Waals surface area contributed by atoms with Crippen LogP contribution in [0.3, 0.4) is 0 Å². The van der Waals surface area contributed by atoms with Gasteiger partial charge in [0.25, 0.3) is 0 Å². The molecule has 1 saturated heterocycles. The normalized spacial score (nSPS) is 21.5. The van der Waals surface area contributed by atoms with Gasteiger partial charge in [-0.3, -0.25) is 4.79 Å². The van der Waals surface area contributed by atoms with Gasteiger partial charge in [0, 0.05) is 6.54 Å². The second-order valence-electron chi connectivity index (χ2n) is 8.25. The van der Waals surface area contributed by atoms with Gasteiger partial charge < -0.3 is 14.8 Å². The van der Waals surface area contributed by atoms with Crippen LogP contribution in [0.1, 0.15) is 70.4 Å². The van der Waals surface area contributed by atoms with E-state index >= 15 is 0 Å². The molecule has 0 bridgehead atoms. The van der Waals surface area contributed by atoms with Gasteiger partial charge in [0.1, 0.15) is 6.04 Å². The summed E-state index contributed by atoms with van der Waals surface area (Å²) in [5, 5.41) is 2.98. The maximum atomic E-state index is 12.9. The fourth-order valence-corrected chi connectivity index (χ4v) is 6.09. The molecule has 2 unspecified atom stereocenters. The maximum Gasteiger partial charge on any atom is 0.238 e. The van der Waals surface area contributed by atoms with Crippen molar-refractivity contribution >= 4 is 15.9 Å². The van der Waals surface area contributed by atoms with Gasteiger partial charge in [0.15, 0.2) is 11.5 Å². The Morgan fingerprint density at radius 1 is 1.20 bits per heavy atom. The Morgan fingerprint density at radius 2 is 1.93 bits per heavy atom. The van der Waals surface area contributed by atoms with Crippen LogP contribution < -0.4 is 14.8 Å². The number of nitrogens with one attached hydrogen (secondary N) is 1. The first kappa shape index (κ1) is 22.9. The van der Waals surface area contributed by atoms with Gasteiger partial charge in [-0.1, -0.05) is 13.0 Å². The van der Waals surface area contributed by atoms with E-state index in [1.165, 1.54) is 17.1 Å². The highest BCUT2D eigenvalue weighted by molar-refractivity contribution is 7.89. The first-order valence-corrected chi connectivity index (χ1v) is 12.6. The molecule has 1 aromatic carbocycles. The van der Waals surface area contributed by atoms with E-state index in [1.807, 2.05) is 32.0 Å². The summed E-state index contributed by atoms with van der Waals surface area (Å²) in [6.45, 7) is 4.14. The van der Waals surface area contributed by atoms with E-state index in [1.54, 1.807) is 7.11 Å². The van der Waals surface area contributed by atoms with Crippen LogP contribution >= 0.6 is 0 Å². The molecule has 1 amide bonds. The minimum absolute atomic E-state index is 0.0754. The zero-order valence-electron chi connectivity index (χ0n) is 18.2. The Balaban J connectivity index is 1.67. The van der Waals surface area contributed by atoms with Crippen molar-refractivity contribution in [2.45, 2.75) is 77.0 Å². The van der Waals surface area contributed by atoms with Crippen molar-refractivity contribution in [1.29, 1.82) is 0 Å². The van der Waals surface area contributed by atoms with Crippen LogP contribution in [0.25, 0.3) is 0 Å². The molecule has 1 aliphatic carbocycles. The van der Waals surface area contributed by atoms with Crippen molar-refractivity contribution in [3.8, 4) is 11.5 Å². The maximum absolute atomic E-state index is 12.9. The molecular weight excluding hydrogens is 404 g/mol. The third-order valence-corrected chi connectivity index (χ3v) is 8.04. The van der Waals surface area contributed by atoms with E-state index in [-0.39, 0.29) is 23.8 Å². The highest BCUT2D eigenvalue weighted by Gasteiger charge is 2.38. The molecule has 2 aliphatic rings. The number of benzene rings is 1. The van der Waals surface area contributed by atoms with Gasteiger partial charge in [0.05, 0.1) is 25.0 Å². The van der Waals surface area contributed by atoms with Crippen molar-refractivity contribution in [3.63, 3.8) is 0 Å². The molecule has 168 valence electrons. The van der Waals surface area contributed by atoms with Gasteiger partial charge in [-0.15, -0.1) is 0 Å². The summed E-state index contributed by atoms with van der Waals surface area (Å²) in [6, 6.07) is 4.80. The lowest BCUT2D eigenvalue weighted by Crippen LogP contribution is -2.47. The van der Waals surface area contributed by atoms with Crippen LogP contribution in [-0.2, 0) is 14.8 Å². The number of ether oxygens (including phenoxy) is 2. The Hall–Kier alpha value is -1.80. The van der Waals surface area contributed by atoms with Crippen LogP contribution in [0.2, 0.25) is 0 Å². The lowest BCUT2D eigenvalue weighted by molar-refractivity contribution is -0.124. The van der Waals surface area contributed by atoms with E-state index in [2.05, 4.69) is 5.32 Å². The topological polar surface area (TPSA) is 84.9 Å². The minimum Gasteiger partial charge on any atom is -0.493 e. The van der Waals surface area contributed by atoms with E-state index in [4.69, 9.17) is 9.47 Å². The van der Waals surface area contributed by atoms with E-state index in [0.717, 1.165) is 24.2 Å². The van der Waals surface area contributed by atoms with E-state index < -0.39 is 16.1 Å². The van der Waals surface area contributed by atoms with Crippen LogP contribution in [-0.4, -0.2) is 50.2 Å². The van der Waals surface area contributed by atoms with Crippen LogP contribution in [0, 0.1) is 0 Å². The Morgan fingerprint density at radius 3 is 2.60 bits per heavy atom. The van der Waals surface area contributed by atoms with Crippen molar-refractivity contribution in [2.24, 2.45) is 0 Å². The SMILES string of the molecule is CCCS(=O)(=O)N1CCCC1C(=O)NC(C)c1ccc(OC2CCCC2)c(OC)c1. The minimum atomic E-state index is -3.40. The number of rotatable bonds is 9. The third kappa shape index (κ3) is 5.27. The predicted octanol–water partition coefficient (Wildman–Crippen LogP) is 3.40. The zero-order chi connectivity index (χ0) is 21.7. The molecule has 0 spiro atoms. The predicted molar refractivity (Wildman–Crippen MR) is 116 cm³/mol. The molecule has 3 rings (SSSR count). The third-order valence-electron chi connectivity index (χ3n) is 5.97. The standard InChI is InChI=1S/C22H34N2O5S/c1-4-14-30(26,27)24-13-7-10-19(24)22(25)23-16(2)17-11-12-20(21(15-17)28-3)29-18-8-5-6-9-18/h11-12,15-16,18-19H,4-10,13-14H2,1-3H3,(H,23,25). The monoisotopic (exact) mass is 438 g/mol. The molecule has 2 atom stereocenters. The van der Waals surface area contributed by atoms with Crippen molar-refractivity contribution < 1.29 is 22.7 Å². The van der Waals surface area contributed by atoms with Crippen molar-refractivity contribution in [2.75, 3.05) is 19.4 Å². The number of carbonyl (C=O) groups is 1. The summed E-state index contributed by atoms with van der Waals surface area (Å²) in [6.07, 6.45) is 6.56. The molecule has 0 radical (unpaired) electrons. The Bertz CT molecular complexity index is 836. The molecule has 2 fully saturated rings. The van der Waals surface area contributed by atoms with Gasteiger partial charge in [-0.2, -0.15) is 4.31 Å². The fraction of sp³-hybridized carbons (Fsp3) is 0.682. The molecule has 8 heteroatoms. The first-order valence-electron chi connectivity index (χ1n) is 11.0. The summed E-state index contributed by atoms with van der Waals surface area (Å²) >= 11 is 0. The van der Waals surface area contributed by atoms with Crippen molar-refractivity contribution in [3.05, 3.63) is 23.8 Å². The molecule has 1 heterocycles. The molecule has 1 saturated carbocycles. The fourth-order valence-electron chi connectivity index (χ4n) is 4.34. The number of hydrogen-bond donors (Lipinski definition) is 1. The molecule has 1 aliphatic heterocycles.